The summed E-state index contributed by atoms with van der Waals surface area (Å²) in [4.78, 5) is 6.50. The molecule has 0 unspecified atom stereocenters. The molecule has 0 bridgehead atoms. The first kappa shape index (κ1) is 14.6. The normalized spacial score (nSPS) is 10.8. The van der Waals surface area contributed by atoms with Crippen molar-refractivity contribution < 1.29 is 0 Å². The molecule has 0 aliphatic rings. The van der Waals surface area contributed by atoms with Gasteiger partial charge >= 0.3 is 0 Å². The van der Waals surface area contributed by atoms with Crippen LogP contribution in [0.1, 0.15) is 9.75 Å². The van der Waals surface area contributed by atoms with Crippen LogP contribution in [0.15, 0.2) is 41.4 Å². The molecular weight excluding hydrogens is 372 g/mol. The van der Waals surface area contributed by atoms with Crippen LogP contribution in [0, 0.1) is 6.92 Å². The van der Waals surface area contributed by atoms with Crippen LogP contribution in [0.25, 0.3) is 5.69 Å². The van der Waals surface area contributed by atoms with Gasteiger partial charge in [0.15, 0.2) is 0 Å². The molecule has 2 aromatic heterocycles. The second-order valence-electron chi connectivity index (χ2n) is 4.45. The van der Waals surface area contributed by atoms with Gasteiger partial charge in [0.1, 0.15) is 18.3 Å². The van der Waals surface area contributed by atoms with E-state index in [1.807, 2.05) is 18.2 Å². The van der Waals surface area contributed by atoms with Crippen LogP contribution in [-0.4, -0.2) is 14.8 Å². The lowest BCUT2D eigenvalue weighted by molar-refractivity contribution is 0.878. The summed E-state index contributed by atoms with van der Waals surface area (Å²) in [6.45, 7) is 2.83. The van der Waals surface area contributed by atoms with Gasteiger partial charge in [0, 0.05) is 20.8 Å². The van der Waals surface area contributed by atoms with E-state index in [9.17, 15) is 0 Å². The Bertz CT molecular complexity index is 735. The Morgan fingerprint density at radius 1 is 1.43 bits per heavy atom. The summed E-state index contributed by atoms with van der Waals surface area (Å²) in [5, 5.41) is 8.21. The number of halogens is 2. The Hall–Kier alpha value is -1.37. The Morgan fingerprint density at radius 3 is 2.95 bits per heavy atom. The van der Waals surface area contributed by atoms with Gasteiger partial charge in [0.2, 0.25) is 0 Å². The fourth-order valence-electron chi connectivity index (χ4n) is 2.00. The Morgan fingerprint density at radius 2 is 2.29 bits per heavy atom. The van der Waals surface area contributed by atoms with Crippen LogP contribution in [0.4, 0.5) is 5.69 Å². The van der Waals surface area contributed by atoms with E-state index in [0.29, 0.717) is 5.02 Å². The fourth-order valence-corrected chi connectivity index (χ4v) is 3.80. The maximum Gasteiger partial charge on any atom is 0.138 e. The van der Waals surface area contributed by atoms with Crippen molar-refractivity contribution in [3.8, 4) is 5.69 Å². The smallest absolute Gasteiger partial charge is 0.138 e. The van der Waals surface area contributed by atoms with Gasteiger partial charge in [-0.2, -0.15) is 5.10 Å². The lowest BCUT2D eigenvalue weighted by atomic mass is 10.2. The third-order valence-electron chi connectivity index (χ3n) is 3.00. The molecule has 21 heavy (non-hydrogen) atoms. The number of anilines is 1. The van der Waals surface area contributed by atoms with E-state index in [2.05, 4.69) is 44.3 Å². The highest BCUT2D eigenvalue weighted by Gasteiger charge is 2.10. The maximum atomic E-state index is 6.30. The van der Waals surface area contributed by atoms with Gasteiger partial charge in [-0.05, 0) is 41.1 Å². The Balaban J connectivity index is 1.87. The SMILES string of the molecule is Cc1sc(CNc2cccc(Cl)c2-n2cncn2)cc1Br. The number of hydrogen-bond donors (Lipinski definition) is 1. The van der Waals surface area contributed by atoms with Crippen molar-refractivity contribution in [2.75, 3.05) is 5.32 Å². The van der Waals surface area contributed by atoms with E-state index >= 15 is 0 Å². The summed E-state index contributed by atoms with van der Waals surface area (Å²) >= 11 is 11.6. The van der Waals surface area contributed by atoms with Crippen LogP contribution in [0.5, 0.6) is 0 Å². The predicted molar refractivity (Wildman–Crippen MR) is 90.5 cm³/mol. The van der Waals surface area contributed by atoms with E-state index in [1.54, 1.807) is 22.3 Å². The molecule has 2 heterocycles. The second-order valence-corrected chi connectivity index (χ2v) is 7.05. The third kappa shape index (κ3) is 3.12. The molecule has 0 saturated heterocycles. The van der Waals surface area contributed by atoms with Crippen molar-refractivity contribution in [1.29, 1.82) is 0 Å². The highest BCUT2D eigenvalue weighted by Crippen LogP contribution is 2.30. The predicted octanol–water partition coefficient (Wildman–Crippen LogP) is 4.67. The van der Waals surface area contributed by atoms with Crippen molar-refractivity contribution in [1.82, 2.24) is 14.8 Å². The molecule has 3 rings (SSSR count). The standard InChI is InChI=1S/C14H12BrClN4S/c1-9-11(15)5-10(21-9)6-18-13-4-2-3-12(16)14(13)20-8-17-7-19-20/h2-5,7-8,18H,6H2,1H3. The molecule has 0 amide bonds. The first-order valence-corrected chi connectivity index (χ1v) is 8.26. The number of aromatic nitrogens is 3. The van der Waals surface area contributed by atoms with Gasteiger partial charge in [-0.25, -0.2) is 9.67 Å². The summed E-state index contributed by atoms with van der Waals surface area (Å²) in [5.74, 6) is 0. The number of nitrogens with zero attached hydrogens (tertiary/aromatic N) is 3. The third-order valence-corrected chi connectivity index (χ3v) is 5.44. The van der Waals surface area contributed by atoms with Gasteiger partial charge in [0.25, 0.3) is 0 Å². The number of nitrogens with one attached hydrogen (secondary N) is 1. The minimum absolute atomic E-state index is 0.633. The number of thiophene rings is 1. The van der Waals surface area contributed by atoms with Crippen molar-refractivity contribution >= 4 is 44.6 Å². The molecule has 0 fully saturated rings. The highest BCUT2D eigenvalue weighted by molar-refractivity contribution is 9.10. The Labute approximate surface area is 139 Å². The number of aryl methyl sites for hydroxylation is 1. The van der Waals surface area contributed by atoms with E-state index in [1.165, 1.54) is 16.1 Å². The van der Waals surface area contributed by atoms with Gasteiger partial charge in [0.05, 0.1) is 10.7 Å². The zero-order chi connectivity index (χ0) is 14.8. The van der Waals surface area contributed by atoms with Crippen molar-refractivity contribution in [3.63, 3.8) is 0 Å². The van der Waals surface area contributed by atoms with Crippen molar-refractivity contribution in [2.24, 2.45) is 0 Å². The van der Waals surface area contributed by atoms with Crippen LogP contribution in [0.3, 0.4) is 0 Å². The summed E-state index contributed by atoms with van der Waals surface area (Å²) in [6, 6.07) is 7.88. The summed E-state index contributed by atoms with van der Waals surface area (Å²) in [6.07, 6.45) is 3.13. The van der Waals surface area contributed by atoms with Crippen LogP contribution >= 0.6 is 38.9 Å². The fraction of sp³-hybridized carbons (Fsp3) is 0.143. The van der Waals surface area contributed by atoms with Gasteiger partial charge in [-0.15, -0.1) is 11.3 Å². The molecule has 0 radical (unpaired) electrons. The molecule has 0 atom stereocenters. The van der Waals surface area contributed by atoms with Crippen LogP contribution < -0.4 is 5.32 Å². The molecular formula is C14H12BrClN4S. The lowest BCUT2D eigenvalue weighted by Crippen LogP contribution is -2.04. The largest absolute Gasteiger partial charge is 0.378 e. The van der Waals surface area contributed by atoms with Gasteiger partial charge in [-0.3, -0.25) is 0 Å². The molecule has 108 valence electrons. The average Bonchev–Trinajstić information content (AvgIpc) is 3.07. The average molecular weight is 384 g/mol. The zero-order valence-electron chi connectivity index (χ0n) is 11.2. The van der Waals surface area contributed by atoms with E-state index in [4.69, 9.17) is 11.6 Å². The molecule has 0 spiro atoms. The summed E-state index contributed by atoms with van der Waals surface area (Å²) < 4.78 is 2.81. The zero-order valence-corrected chi connectivity index (χ0v) is 14.3. The first-order chi connectivity index (χ1) is 10.1. The van der Waals surface area contributed by atoms with Crippen LogP contribution in [-0.2, 0) is 6.54 Å². The Kier molecular flexibility index (Phi) is 4.28. The quantitative estimate of drug-likeness (QED) is 0.712. The highest BCUT2D eigenvalue weighted by atomic mass is 79.9. The number of hydrogen-bond acceptors (Lipinski definition) is 4. The summed E-state index contributed by atoms with van der Waals surface area (Å²) in [7, 11) is 0. The maximum absolute atomic E-state index is 6.30. The summed E-state index contributed by atoms with van der Waals surface area (Å²) in [5.41, 5.74) is 1.74. The van der Waals surface area contributed by atoms with E-state index < -0.39 is 0 Å². The monoisotopic (exact) mass is 382 g/mol. The van der Waals surface area contributed by atoms with E-state index in [0.717, 1.165) is 22.4 Å². The molecule has 3 aromatic rings. The van der Waals surface area contributed by atoms with Gasteiger partial charge in [-0.1, -0.05) is 17.7 Å². The number of rotatable bonds is 4. The van der Waals surface area contributed by atoms with Crippen LogP contribution in [0.2, 0.25) is 5.02 Å². The first-order valence-electron chi connectivity index (χ1n) is 6.27. The topological polar surface area (TPSA) is 42.7 Å². The molecule has 1 N–H and O–H groups in total. The number of para-hydroxylation sites is 1. The lowest BCUT2D eigenvalue weighted by Gasteiger charge is -2.12. The molecule has 4 nitrogen and oxygen atoms in total. The second kappa shape index (κ2) is 6.17. The van der Waals surface area contributed by atoms with Crippen molar-refractivity contribution in [3.05, 3.63) is 56.2 Å². The molecule has 0 aliphatic carbocycles. The minimum Gasteiger partial charge on any atom is -0.378 e. The molecule has 7 heteroatoms. The minimum atomic E-state index is 0.633. The number of benzene rings is 1. The molecule has 1 aromatic carbocycles. The van der Waals surface area contributed by atoms with Crippen molar-refractivity contribution in [2.45, 2.75) is 13.5 Å². The van der Waals surface area contributed by atoms with E-state index in [-0.39, 0.29) is 0 Å². The van der Waals surface area contributed by atoms with Gasteiger partial charge < -0.3 is 5.32 Å². The molecule has 0 aliphatic heterocycles. The molecule has 0 saturated carbocycles.